The molecule has 3 rings (SSSR count). The molecule has 0 spiro atoms. The van der Waals surface area contributed by atoms with E-state index < -0.39 is 0 Å². The highest BCUT2D eigenvalue weighted by molar-refractivity contribution is 5.90. The molecule has 2 aromatic rings. The number of fused-ring (bicyclic) bond motifs is 1. The largest absolute Gasteiger partial charge is 0.361 e. The van der Waals surface area contributed by atoms with E-state index in [0.717, 1.165) is 35.5 Å². The van der Waals surface area contributed by atoms with Crippen LogP contribution < -0.4 is 5.32 Å². The molecule has 122 valence electrons. The minimum atomic E-state index is -0.107. The van der Waals surface area contributed by atoms with Crippen molar-refractivity contribution in [3.8, 4) is 0 Å². The fraction of sp³-hybridized carbons (Fsp3) is 0.444. The lowest BCUT2D eigenvalue weighted by molar-refractivity contribution is 0.220. The van der Waals surface area contributed by atoms with Crippen molar-refractivity contribution >= 4 is 11.7 Å². The monoisotopic (exact) mass is 313 g/mol. The first-order valence-electron chi connectivity index (χ1n) is 8.11. The van der Waals surface area contributed by atoms with Crippen LogP contribution in [0.3, 0.4) is 0 Å². The fourth-order valence-corrected chi connectivity index (χ4v) is 3.15. The van der Waals surface area contributed by atoms with Gasteiger partial charge in [0.25, 0.3) is 0 Å². The Kier molecular flexibility index (Phi) is 4.37. The zero-order chi connectivity index (χ0) is 16.4. The third-order valence-corrected chi connectivity index (χ3v) is 4.56. The number of nitrogens with one attached hydrogen (secondary N) is 1. The van der Waals surface area contributed by atoms with Crippen LogP contribution in [-0.4, -0.2) is 23.1 Å². The molecule has 0 saturated carbocycles. The summed E-state index contributed by atoms with van der Waals surface area (Å²) < 4.78 is 5.16. The summed E-state index contributed by atoms with van der Waals surface area (Å²) in [5, 5.41) is 6.99. The number of carbonyl (C=O) groups excluding carboxylic acids is 1. The van der Waals surface area contributed by atoms with Crippen LogP contribution >= 0.6 is 0 Å². The van der Waals surface area contributed by atoms with Crippen LogP contribution in [0.25, 0.3) is 0 Å². The number of anilines is 1. The predicted octanol–water partition coefficient (Wildman–Crippen LogP) is 3.83. The molecular formula is C18H23N3O2. The second-order valence-electron chi connectivity index (χ2n) is 6.24. The summed E-state index contributed by atoms with van der Waals surface area (Å²) in [6.45, 7) is 4.25. The summed E-state index contributed by atoms with van der Waals surface area (Å²) in [6, 6.07) is 6.07. The van der Waals surface area contributed by atoms with Crippen molar-refractivity contribution in [1.82, 2.24) is 10.1 Å². The molecule has 0 unspecified atom stereocenters. The summed E-state index contributed by atoms with van der Waals surface area (Å²) in [4.78, 5) is 14.2. The van der Waals surface area contributed by atoms with E-state index in [-0.39, 0.29) is 6.03 Å². The van der Waals surface area contributed by atoms with E-state index in [1.165, 1.54) is 24.0 Å². The normalized spacial score (nSPS) is 13.5. The number of rotatable bonds is 3. The Bertz CT molecular complexity index is 702. The molecule has 0 aliphatic heterocycles. The molecule has 5 nitrogen and oxygen atoms in total. The molecule has 1 heterocycles. The first kappa shape index (κ1) is 15.6. The third kappa shape index (κ3) is 3.23. The highest BCUT2D eigenvalue weighted by Crippen LogP contribution is 2.28. The number of aryl methyl sites for hydroxylation is 3. The van der Waals surface area contributed by atoms with E-state index in [4.69, 9.17) is 4.52 Å². The first-order valence-corrected chi connectivity index (χ1v) is 8.11. The maximum atomic E-state index is 12.5. The Labute approximate surface area is 136 Å². The van der Waals surface area contributed by atoms with E-state index in [9.17, 15) is 4.79 Å². The molecule has 0 fully saturated rings. The van der Waals surface area contributed by atoms with Gasteiger partial charge in [0.1, 0.15) is 5.76 Å². The van der Waals surface area contributed by atoms with Crippen molar-refractivity contribution in [2.75, 3.05) is 12.4 Å². The van der Waals surface area contributed by atoms with Crippen molar-refractivity contribution in [2.45, 2.75) is 46.1 Å². The zero-order valence-electron chi connectivity index (χ0n) is 14.0. The van der Waals surface area contributed by atoms with Crippen molar-refractivity contribution < 1.29 is 9.32 Å². The van der Waals surface area contributed by atoms with E-state index in [1.807, 2.05) is 26.0 Å². The molecule has 1 aromatic heterocycles. The Morgan fingerprint density at radius 1 is 1.30 bits per heavy atom. The van der Waals surface area contributed by atoms with E-state index in [1.54, 1.807) is 11.9 Å². The van der Waals surface area contributed by atoms with Crippen LogP contribution in [0.2, 0.25) is 0 Å². The van der Waals surface area contributed by atoms with Gasteiger partial charge in [0.05, 0.1) is 12.2 Å². The highest BCUT2D eigenvalue weighted by Gasteiger charge is 2.18. The highest BCUT2D eigenvalue weighted by atomic mass is 16.5. The minimum absolute atomic E-state index is 0.107. The maximum absolute atomic E-state index is 12.5. The number of benzene rings is 1. The van der Waals surface area contributed by atoms with Gasteiger partial charge in [-0.1, -0.05) is 17.3 Å². The molecule has 0 bridgehead atoms. The van der Waals surface area contributed by atoms with E-state index in [0.29, 0.717) is 6.54 Å². The summed E-state index contributed by atoms with van der Waals surface area (Å²) in [5.41, 5.74) is 5.40. The predicted molar refractivity (Wildman–Crippen MR) is 89.5 cm³/mol. The zero-order valence-corrected chi connectivity index (χ0v) is 14.0. The summed E-state index contributed by atoms with van der Waals surface area (Å²) in [6.07, 6.45) is 4.57. The van der Waals surface area contributed by atoms with Gasteiger partial charge in [-0.2, -0.15) is 0 Å². The summed E-state index contributed by atoms with van der Waals surface area (Å²) in [5.74, 6) is 0.763. The lowest BCUT2D eigenvalue weighted by Crippen LogP contribution is -2.31. The second kappa shape index (κ2) is 6.44. The molecule has 5 heteroatoms. The summed E-state index contributed by atoms with van der Waals surface area (Å²) in [7, 11) is 1.79. The number of hydrogen-bond acceptors (Lipinski definition) is 3. The van der Waals surface area contributed by atoms with Crippen LogP contribution in [0.5, 0.6) is 0 Å². The minimum Gasteiger partial charge on any atom is -0.361 e. The first-order chi connectivity index (χ1) is 11.1. The number of nitrogens with zero attached hydrogens (tertiary/aromatic N) is 2. The van der Waals surface area contributed by atoms with Gasteiger partial charge in [0, 0.05) is 18.3 Å². The number of hydrogen-bond donors (Lipinski definition) is 1. The smallest absolute Gasteiger partial charge is 0.321 e. The van der Waals surface area contributed by atoms with Gasteiger partial charge in [0.2, 0.25) is 0 Å². The number of carbonyl (C=O) groups is 1. The number of urea groups is 1. The number of aromatic nitrogens is 1. The molecule has 0 saturated heterocycles. The average molecular weight is 313 g/mol. The Morgan fingerprint density at radius 2 is 2.09 bits per heavy atom. The van der Waals surface area contributed by atoms with Gasteiger partial charge in [-0.25, -0.2) is 4.79 Å². The second-order valence-corrected chi connectivity index (χ2v) is 6.24. The van der Waals surface area contributed by atoms with Crippen molar-refractivity contribution in [3.05, 3.63) is 46.3 Å². The van der Waals surface area contributed by atoms with Crippen molar-refractivity contribution in [2.24, 2.45) is 0 Å². The van der Waals surface area contributed by atoms with Gasteiger partial charge in [-0.3, -0.25) is 0 Å². The fourth-order valence-electron chi connectivity index (χ4n) is 3.15. The SMILES string of the molecule is Cc1noc(C)c1CN(C)C(=O)Nc1cccc2c1CCCC2. The van der Waals surface area contributed by atoms with Crippen LogP contribution in [0.15, 0.2) is 22.7 Å². The topological polar surface area (TPSA) is 58.4 Å². The molecular weight excluding hydrogens is 290 g/mol. The van der Waals surface area contributed by atoms with Gasteiger partial charge in [0.15, 0.2) is 0 Å². The standard InChI is InChI=1S/C18H23N3O2/c1-12-16(13(2)23-20-12)11-21(3)18(22)19-17-10-6-8-14-7-4-5-9-15(14)17/h6,8,10H,4-5,7,9,11H2,1-3H3,(H,19,22). The molecule has 2 amide bonds. The van der Waals surface area contributed by atoms with Crippen molar-refractivity contribution in [3.63, 3.8) is 0 Å². The third-order valence-electron chi connectivity index (χ3n) is 4.56. The van der Waals surface area contributed by atoms with Crippen LogP contribution in [0.1, 0.15) is 41.0 Å². The van der Waals surface area contributed by atoms with Crippen LogP contribution in [0, 0.1) is 13.8 Å². The average Bonchev–Trinajstić information content (AvgIpc) is 2.87. The van der Waals surface area contributed by atoms with Gasteiger partial charge < -0.3 is 14.7 Å². The maximum Gasteiger partial charge on any atom is 0.321 e. The molecule has 1 aromatic carbocycles. The molecule has 0 atom stereocenters. The van der Waals surface area contributed by atoms with Gasteiger partial charge in [-0.15, -0.1) is 0 Å². The molecule has 23 heavy (non-hydrogen) atoms. The quantitative estimate of drug-likeness (QED) is 0.936. The Hall–Kier alpha value is -2.30. The summed E-state index contributed by atoms with van der Waals surface area (Å²) >= 11 is 0. The Balaban J connectivity index is 1.72. The van der Waals surface area contributed by atoms with Gasteiger partial charge >= 0.3 is 6.03 Å². The van der Waals surface area contributed by atoms with Crippen LogP contribution in [0.4, 0.5) is 10.5 Å². The van der Waals surface area contributed by atoms with E-state index >= 15 is 0 Å². The molecule has 1 N–H and O–H groups in total. The van der Waals surface area contributed by atoms with Crippen molar-refractivity contribution in [1.29, 1.82) is 0 Å². The molecule has 1 aliphatic rings. The Morgan fingerprint density at radius 3 is 2.83 bits per heavy atom. The van der Waals surface area contributed by atoms with Gasteiger partial charge in [-0.05, 0) is 56.7 Å². The lowest BCUT2D eigenvalue weighted by atomic mass is 9.90. The molecule has 0 radical (unpaired) electrons. The van der Waals surface area contributed by atoms with E-state index in [2.05, 4.69) is 16.5 Å². The van der Waals surface area contributed by atoms with Crippen LogP contribution in [-0.2, 0) is 19.4 Å². The lowest BCUT2D eigenvalue weighted by Gasteiger charge is -2.22. The molecule has 1 aliphatic carbocycles. The number of amides is 2.